The summed E-state index contributed by atoms with van der Waals surface area (Å²) in [4.78, 5) is 25.9. The van der Waals surface area contributed by atoms with E-state index in [2.05, 4.69) is 26.6 Å². The predicted octanol–water partition coefficient (Wildman–Crippen LogP) is 5.31. The Balaban J connectivity index is 1.57. The van der Waals surface area contributed by atoms with Gasteiger partial charge in [-0.1, -0.05) is 0 Å². The van der Waals surface area contributed by atoms with Crippen LogP contribution in [0.5, 0.6) is 5.75 Å². The van der Waals surface area contributed by atoms with Gasteiger partial charge in [0.05, 0.1) is 5.70 Å². The van der Waals surface area contributed by atoms with Gasteiger partial charge in [0.2, 0.25) is 0 Å². The number of amides is 1. The Kier molecular flexibility index (Phi) is 7.25. The van der Waals surface area contributed by atoms with Crippen molar-refractivity contribution < 1.29 is 18.3 Å². The number of pyridine rings is 1. The molecule has 36 heavy (non-hydrogen) atoms. The monoisotopic (exact) mass is 552 g/mol. The number of benzene rings is 2. The smallest absolute Gasteiger partial charge is 0.268 e. The first-order valence-corrected chi connectivity index (χ1v) is 11.4. The normalized spacial score (nSPS) is 13.9. The molecule has 0 fully saturated rings. The number of nitrogens with one attached hydrogen (secondary N) is 3. The average Bonchev–Trinajstić information content (AvgIpc) is 2.84. The largest absolute Gasteiger partial charge is 0.452 e. The van der Waals surface area contributed by atoms with Crippen LogP contribution in [0.4, 0.5) is 14.5 Å². The Hall–Kier alpha value is -4.31. The maximum atomic E-state index is 14.8. The van der Waals surface area contributed by atoms with Gasteiger partial charge in [-0.3, -0.25) is 14.2 Å². The van der Waals surface area contributed by atoms with E-state index in [9.17, 15) is 18.4 Å². The summed E-state index contributed by atoms with van der Waals surface area (Å²) in [6.45, 7) is 1.69. The van der Waals surface area contributed by atoms with Crippen LogP contribution in [0.15, 0.2) is 93.7 Å². The SMILES string of the molecule is Cc1ccc(C(=O)Nc2ccc(OC3=CC(Br)=CN/C3=C\C=N)c(F)c2)c(=O)n1-c1ccc(F)cc1. The molecule has 0 spiro atoms. The van der Waals surface area contributed by atoms with Crippen LogP contribution in [0.2, 0.25) is 0 Å². The number of rotatable bonds is 6. The highest BCUT2D eigenvalue weighted by Gasteiger charge is 2.18. The summed E-state index contributed by atoms with van der Waals surface area (Å²) < 4.78 is 35.7. The highest BCUT2D eigenvalue weighted by Crippen LogP contribution is 2.27. The number of aryl methyl sites for hydroxylation is 1. The van der Waals surface area contributed by atoms with Crippen LogP contribution in [0, 0.1) is 24.0 Å². The molecule has 0 unspecified atom stereocenters. The molecule has 1 amide bonds. The quantitative estimate of drug-likeness (QED) is 0.361. The van der Waals surface area contributed by atoms with E-state index in [-0.39, 0.29) is 22.8 Å². The molecule has 3 aromatic rings. The van der Waals surface area contributed by atoms with Crippen LogP contribution in [0.3, 0.4) is 0 Å². The molecule has 0 saturated heterocycles. The maximum absolute atomic E-state index is 14.8. The van der Waals surface area contributed by atoms with Gasteiger partial charge in [-0.05, 0) is 83.5 Å². The Morgan fingerprint density at radius 1 is 1.14 bits per heavy atom. The van der Waals surface area contributed by atoms with Gasteiger partial charge in [-0.2, -0.15) is 0 Å². The summed E-state index contributed by atoms with van der Waals surface area (Å²) in [6, 6.07) is 12.1. The van der Waals surface area contributed by atoms with Gasteiger partial charge >= 0.3 is 0 Å². The third-order valence-corrected chi connectivity index (χ3v) is 5.62. The molecule has 0 atom stereocenters. The number of carbonyl (C=O) groups excluding carboxylic acids is 1. The molecule has 4 rings (SSSR count). The molecule has 0 radical (unpaired) electrons. The number of carbonyl (C=O) groups is 1. The van der Waals surface area contributed by atoms with Gasteiger partial charge in [-0.25, -0.2) is 8.78 Å². The fourth-order valence-corrected chi connectivity index (χ4v) is 3.78. The first-order chi connectivity index (χ1) is 17.3. The molecule has 2 aromatic carbocycles. The summed E-state index contributed by atoms with van der Waals surface area (Å²) >= 11 is 3.31. The number of halogens is 3. The van der Waals surface area contributed by atoms with E-state index < -0.39 is 23.1 Å². The Labute approximate surface area is 213 Å². The van der Waals surface area contributed by atoms with Crippen LogP contribution in [-0.4, -0.2) is 16.7 Å². The summed E-state index contributed by atoms with van der Waals surface area (Å²) in [7, 11) is 0. The molecule has 1 aliphatic rings. The highest BCUT2D eigenvalue weighted by molar-refractivity contribution is 9.11. The standard InChI is InChI=1S/C26H19BrF2N4O3/c1-15-2-8-20(26(35)33(15)19-6-3-17(28)4-7-19)25(34)32-18-5-9-23(21(29)13-18)36-24-12-16(27)14-31-22(24)10-11-30/h2-14,30-31H,1H3,(H,32,34)/b22-10-,30-11?. The number of anilines is 1. The zero-order valence-electron chi connectivity index (χ0n) is 18.8. The Morgan fingerprint density at radius 3 is 2.58 bits per heavy atom. The number of allylic oxidation sites excluding steroid dienone is 3. The maximum Gasteiger partial charge on any atom is 0.268 e. The van der Waals surface area contributed by atoms with E-state index in [1.807, 2.05) is 0 Å². The molecule has 0 bridgehead atoms. The van der Waals surface area contributed by atoms with Gasteiger partial charge in [0.25, 0.3) is 11.5 Å². The fourth-order valence-electron chi connectivity index (χ4n) is 3.45. The van der Waals surface area contributed by atoms with Gasteiger partial charge < -0.3 is 20.8 Å². The second kappa shape index (κ2) is 10.5. The summed E-state index contributed by atoms with van der Waals surface area (Å²) in [5, 5.41) is 12.7. The van der Waals surface area contributed by atoms with Crippen LogP contribution in [-0.2, 0) is 0 Å². The zero-order valence-corrected chi connectivity index (χ0v) is 20.4. The average molecular weight is 553 g/mol. The number of hydrogen-bond acceptors (Lipinski definition) is 5. The lowest BCUT2D eigenvalue weighted by molar-refractivity contribution is 0.102. The Bertz CT molecular complexity index is 1510. The minimum atomic E-state index is -0.749. The molecule has 182 valence electrons. The van der Waals surface area contributed by atoms with Gasteiger partial charge in [0.1, 0.15) is 11.4 Å². The van der Waals surface area contributed by atoms with Crippen LogP contribution >= 0.6 is 15.9 Å². The van der Waals surface area contributed by atoms with E-state index in [0.29, 0.717) is 21.6 Å². The van der Waals surface area contributed by atoms with E-state index in [4.69, 9.17) is 10.1 Å². The molecular weight excluding hydrogens is 534 g/mol. The minimum Gasteiger partial charge on any atom is -0.452 e. The van der Waals surface area contributed by atoms with Crippen molar-refractivity contribution in [2.24, 2.45) is 0 Å². The van der Waals surface area contributed by atoms with Crippen LogP contribution < -0.4 is 20.9 Å². The Morgan fingerprint density at radius 2 is 1.89 bits per heavy atom. The van der Waals surface area contributed by atoms with E-state index >= 15 is 0 Å². The van der Waals surface area contributed by atoms with Crippen molar-refractivity contribution in [3.05, 3.63) is 122 Å². The van der Waals surface area contributed by atoms with Crippen molar-refractivity contribution in [2.45, 2.75) is 6.92 Å². The van der Waals surface area contributed by atoms with Gasteiger partial charge in [0.15, 0.2) is 17.3 Å². The van der Waals surface area contributed by atoms with Crippen LogP contribution in [0.25, 0.3) is 5.69 Å². The topological polar surface area (TPSA) is 96.2 Å². The lowest BCUT2D eigenvalue weighted by Crippen LogP contribution is -2.29. The molecule has 7 nitrogen and oxygen atoms in total. The molecule has 0 aliphatic carbocycles. The number of hydrogen-bond donors (Lipinski definition) is 3. The van der Waals surface area contributed by atoms with Crippen molar-refractivity contribution in [3.63, 3.8) is 0 Å². The number of dihydropyridines is 1. The van der Waals surface area contributed by atoms with Crippen molar-refractivity contribution in [2.75, 3.05) is 5.32 Å². The summed E-state index contributed by atoms with van der Waals surface area (Å²) in [5.74, 6) is -1.75. The zero-order chi connectivity index (χ0) is 25.8. The van der Waals surface area contributed by atoms with Crippen LogP contribution in [0.1, 0.15) is 16.1 Å². The first-order valence-electron chi connectivity index (χ1n) is 10.6. The third-order valence-electron chi connectivity index (χ3n) is 5.17. The molecule has 2 heterocycles. The molecular formula is C26H19BrF2N4O3. The number of ether oxygens (including phenoxy) is 1. The second-order valence-electron chi connectivity index (χ2n) is 7.64. The molecule has 1 aromatic heterocycles. The van der Waals surface area contributed by atoms with Crippen molar-refractivity contribution >= 4 is 33.7 Å². The van der Waals surface area contributed by atoms with Gasteiger partial charge in [0, 0.05) is 40.0 Å². The summed E-state index contributed by atoms with van der Waals surface area (Å²) in [5.41, 5.74) is 0.778. The molecule has 10 heteroatoms. The van der Waals surface area contributed by atoms with Gasteiger partial charge in [-0.15, -0.1) is 0 Å². The lowest BCUT2D eigenvalue weighted by atomic mass is 10.2. The second-order valence-corrected chi connectivity index (χ2v) is 8.55. The fraction of sp³-hybridized carbons (Fsp3) is 0.0385. The lowest BCUT2D eigenvalue weighted by Gasteiger charge is -2.18. The number of aromatic nitrogens is 1. The van der Waals surface area contributed by atoms with Crippen molar-refractivity contribution in [1.82, 2.24) is 9.88 Å². The molecule has 1 aliphatic heterocycles. The molecule has 0 saturated carbocycles. The third kappa shape index (κ3) is 5.33. The number of nitrogens with zero attached hydrogens (tertiary/aromatic N) is 1. The van der Waals surface area contributed by atoms with E-state index in [1.54, 1.807) is 25.3 Å². The predicted molar refractivity (Wildman–Crippen MR) is 137 cm³/mol. The molecule has 3 N–H and O–H groups in total. The minimum absolute atomic E-state index is 0.104. The highest BCUT2D eigenvalue weighted by atomic mass is 79.9. The van der Waals surface area contributed by atoms with E-state index in [0.717, 1.165) is 12.3 Å². The van der Waals surface area contributed by atoms with Crippen molar-refractivity contribution in [1.29, 1.82) is 5.41 Å². The summed E-state index contributed by atoms with van der Waals surface area (Å²) in [6.07, 6.45) is 5.78. The first kappa shape index (κ1) is 24.8. The van der Waals surface area contributed by atoms with Crippen molar-refractivity contribution in [3.8, 4) is 11.4 Å². The van der Waals surface area contributed by atoms with E-state index in [1.165, 1.54) is 53.1 Å².